The Bertz CT molecular complexity index is 718. The van der Waals surface area contributed by atoms with E-state index in [-0.39, 0.29) is 5.56 Å². The Labute approximate surface area is 127 Å². The van der Waals surface area contributed by atoms with E-state index in [0.717, 1.165) is 25.1 Å². The van der Waals surface area contributed by atoms with Gasteiger partial charge in [0, 0.05) is 17.5 Å². The van der Waals surface area contributed by atoms with E-state index in [1.165, 1.54) is 17.0 Å². The largest absolute Gasteiger partial charge is 0.545 e. The zero-order valence-electron chi connectivity index (χ0n) is 11.6. The SMILES string of the molecule is CCCCc1n[nH]c(=S)n1/N=C\c1ccccc1C(=O)[O-]. The molecule has 110 valence electrons. The van der Waals surface area contributed by atoms with Gasteiger partial charge in [-0.15, -0.1) is 0 Å². The number of carbonyl (C=O) groups is 1. The fraction of sp³-hybridized carbons (Fsp3) is 0.286. The molecule has 0 unspecified atom stereocenters. The fourth-order valence-corrected chi connectivity index (χ4v) is 2.05. The molecule has 1 heterocycles. The zero-order chi connectivity index (χ0) is 15.2. The van der Waals surface area contributed by atoms with E-state index in [1.54, 1.807) is 18.2 Å². The van der Waals surface area contributed by atoms with Gasteiger partial charge in [0.2, 0.25) is 4.77 Å². The molecular formula is C14H15N4O2S-. The number of aryl methyl sites for hydroxylation is 1. The summed E-state index contributed by atoms with van der Waals surface area (Å²) >= 11 is 5.13. The lowest BCUT2D eigenvalue weighted by atomic mass is 10.1. The Morgan fingerprint density at radius 2 is 2.29 bits per heavy atom. The average molecular weight is 303 g/mol. The van der Waals surface area contributed by atoms with Crippen LogP contribution in [0.5, 0.6) is 0 Å². The maximum atomic E-state index is 11.0. The minimum absolute atomic E-state index is 0.0892. The predicted molar refractivity (Wildman–Crippen MR) is 79.8 cm³/mol. The standard InChI is InChI=1S/C14H16N4O2S/c1-2-3-8-12-16-17-14(21)18(12)15-9-10-6-4-5-7-11(10)13(19)20/h4-7,9H,2-3,8H2,1H3,(H,17,21)(H,19,20)/p-1/b15-9-. The van der Waals surface area contributed by atoms with Gasteiger partial charge in [-0.25, -0.2) is 0 Å². The molecule has 2 rings (SSSR count). The number of carboxylic acids is 1. The number of carbonyl (C=O) groups excluding carboxylic acids is 1. The lowest BCUT2D eigenvalue weighted by Crippen LogP contribution is -2.23. The first-order valence-electron chi connectivity index (χ1n) is 6.64. The molecule has 0 spiro atoms. The molecule has 0 saturated heterocycles. The third-order valence-electron chi connectivity index (χ3n) is 2.96. The number of rotatable bonds is 6. The summed E-state index contributed by atoms with van der Waals surface area (Å²) in [6.45, 7) is 2.09. The van der Waals surface area contributed by atoms with E-state index in [2.05, 4.69) is 22.2 Å². The number of aromatic nitrogens is 3. The van der Waals surface area contributed by atoms with Crippen molar-refractivity contribution in [1.82, 2.24) is 14.9 Å². The van der Waals surface area contributed by atoms with Crippen molar-refractivity contribution in [3.63, 3.8) is 0 Å². The lowest BCUT2D eigenvalue weighted by molar-refractivity contribution is -0.255. The molecular weight excluding hydrogens is 288 g/mol. The quantitative estimate of drug-likeness (QED) is 0.647. The second-order valence-electron chi connectivity index (χ2n) is 4.48. The van der Waals surface area contributed by atoms with Crippen LogP contribution < -0.4 is 5.11 Å². The van der Waals surface area contributed by atoms with Crippen LogP contribution in [0.1, 0.15) is 41.5 Å². The van der Waals surface area contributed by atoms with Gasteiger partial charge in [0.05, 0.1) is 12.2 Å². The van der Waals surface area contributed by atoms with Gasteiger partial charge in [-0.3, -0.25) is 5.10 Å². The Balaban J connectivity index is 2.32. The number of nitrogens with one attached hydrogen (secondary N) is 1. The van der Waals surface area contributed by atoms with E-state index in [9.17, 15) is 9.90 Å². The van der Waals surface area contributed by atoms with Gasteiger partial charge in [-0.05, 0) is 18.6 Å². The molecule has 0 fully saturated rings. The molecule has 0 saturated carbocycles. The molecule has 1 aromatic carbocycles. The molecule has 0 aliphatic heterocycles. The van der Waals surface area contributed by atoms with Crippen LogP contribution in [0.4, 0.5) is 0 Å². The van der Waals surface area contributed by atoms with Crippen LogP contribution in [0.3, 0.4) is 0 Å². The number of H-pyrrole nitrogens is 1. The Morgan fingerprint density at radius 3 is 3.00 bits per heavy atom. The third-order valence-corrected chi connectivity index (χ3v) is 3.23. The summed E-state index contributed by atoms with van der Waals surface area (Å²) < 4.78 is 1.89. The van der Waals surface area contributed by atoms with Crippen LogP contribution >= 0.6 is 12.2 Å². The van der Waals surface area contributed by atoms with Crippen molar-refractivity contribution in [3.8, 4) is 0 Å². The number of nitrogens with zero attached hydrogens (tertiary/aromatic N) is 3. The molecule has 6 nitrogen and oxygen atoms in total. The van der Waals surface area contributed by atoms with E-state index >= 15 is 0 Å². The first-order valence-corrected chi connectivity index (χ1v) is 7.05. The Kier molecular flexibility index (Phi) is 4.99. The molecule has 0 radical (unpaired) electrons. The summed E-state index contributed by atoms with van der Waals surface area (Å²) in [5.74, 6) is -0.511. The van der Waals surface area contributed by atoms with Gasteiger partial charge >= 0.3 is 0 Å². The maximum Gasteiger partial charge on any atom is 0.216 e. The second-order valence-corrected chi connectivity index (χ2v) is 4.87. The topological polar surface area (TPSA) is 86.1 Å². The highest BCUT2D eigenvalue weighted by molar-refractivity contribution is 7.71. The molecule has 2 aromatic rings. The van der Waals surface area contributed by atoms with Crippen molar-refractivity contribution >= 4 is 24.4 Å². The van der Waals surface area contributed by atoms with Crippen molar-refractivity contribution in [2.24, 2.45) is 5.10 Å². The molecule has 0 aliphatic carbocycles. The number of hydrogen-bond acceptors (Lipinski definition) is 5. The van der Waals surface area contributed by atoms with Crippen LogP contribution in [0.2, 0.25) is 0 Å². The molecule has 21 heavy (non-hydrogen) atoms. The van der Waals surface area contributed by atoms with Gasteiger partial charge in [0.1, 0.15) is 0 Å². The molecule has 0 amide bonds. The summed E-state index contributed by atoms with van der Waals surface area (Å²) in [7, 11) is 0. The van der Waals surface area contributed by atoms with Crippen molar-refractivity contribution < 1.29 is 9.90 Å². The first kappa shape index (κ1) is 15.1. The number of aromatic carboxylic acids is 1. The van der Waals surface area contributed by atoms with Crippen LogP contribution in [-0.2, 0) is 6.42 Å². The summed E-state index contributed by atoms with van der Waals surface area (Å²) in [5.41, 5.74) is 0.549. The van der Waals surface area contributed by atoms with E-state index in [0.29, 0.717) is 10.3 Å². The molecule has 0 atom stereocenters. The summed E-state index contributed by atoms with van der Waals surface area (Å²) in [4.78, 5) is 11.0. The minimum Gasteiger partial charge on any atom is -0.545 e. The molecule has 1 aromatic heterocycles. The number of benzene rings is 1. The van der Waals surface area contributed by atoms with E-state index in [1.807, 2.05) is 0 Å². The summed E-state index contributed by atoms with van der Waals surface area (Å²) in [6.07, 6.45) is 4.22. The van der Waals surface area contributed by atoms with Crippen LogP contribution in [0.15, 0.2) is 29.4 Å². The molecule has 7 heteroatoms. The lowest BCUT2D eigenvalue weighted by Gasteiger charge is -2.06. The number of aromatic amines is 1. The smallest absolute Gasteiger partial charge is 0.216 e. The van der Waals surface area contributed by atoms with Crippen LogP contribution in [-0.4, -0.2) is 27.1 Å². The monoisotopic (exact) mass is 303 g/mol. The van der Waals surface area contributed by atoms with Gasteiger partial charge in [0.25, 0.3) is 0 Å². The number of hydrogen-bond donors (Lipinski definition) is 1. The average Bonchev–Trinajstić information content (AvgIpc) is 2.83. The summed E-state index contributed by atoms with van der Waals surface area (Å²) in [6, 6.07) is 6.51. The minimum atomic E-state index is -1.24. The van der Waals surface area contributed by atoms with E-state index in [4.69, 9.17) is 12.2 Å². The number of unbranched alkanes of at least 4 members (excludes halogenated alkanes) is 1. The highest BCUT2D eigenvalue weighted by Gasteiger charge is 2.05. The molecule has 1 N–H and O–H groups in total. The summed E-state index contributed by atoms with van der Waals surface area (Å²) in [5, 5.41) is 22.1. The zero-order valence-corrected chi connectivity index (χ0v) is 12.4. The van der Waals surface area contributed by atoms with Crippen LogP contribution in [0, 0.1) is 4.77 Å². The Hall–Kier alpha value is -2.28. The Morgan fingerprint density at radius 1 is 1.52 bits per heavy atom. The predicted octanol–water partition coefficient (Wildman–Crippen LogP) is 1.53. The van der Waals surface area contributed by atoms with Gasteiger partial charge in [-0.1, -0.05) is 37.6 Å². The van der Waals surface area contributed by atoms with Crippen molar-refractivity contribution in [1.29, 1.82) is 0 Å². The molecule has 0 bridgehead atoms. The third kappa shape index (κ3) is 3.63. The van der Waals surface area contributed by atoms with Gasteiger partial charge in [0.15, 0.2) is 5.82 Å². The normalized spacial score (nSPS) is 11.1. The molecule has 0 aliphatic rings. The highest BCUT2D eigenvalue weighted by atomic mass is 32.1. The van der Waals surface area contributed by atoms with E-state index < -0.39 is 5.97 Å². The van der Waals surface area contributed by atoms with Crippen molar-refractivity contribution in [2.75, 3.05) is 0 Å². The number of carboxylic acid groups (broad SMARTS) is 1. The van der Waals surface area contributed by atoms with Crippen molar-refractivity contribution in [3.05, 3.63) is 46.0 Å². The second kappa shape index (κ2) is 6.94. The fourth-order valence-electron chi connectivity index (χ4n) is 1.86. The maximum absolute atomic E-state index is 11.0. The van der Waals surface area contributed by atoms with Gasteiger partial charge < -0.3 is 9.90 Å². The first-order chi connectivity index (χ1) is 10.1. The van der Waals surface area contributed by atoms with Crippen LogP contribution in [0.25, 0.3) is 0 Å². The van der Waals surface area contributed by atoms with Gasteiger partial charge in [-0.2, -0.15) is 14.9 Å². The van der Waals surface area contributed by atoms with Crippen molar-refractivity contribution in [2.45, 2.75) is 26.2 Å². The highest BCUT2D eigenvalue weighted by Crippen LogP contribution is 2.07.